The summed E-state index contributed by atoms with van der Waals surface area (Å²) in [4.78, 5) is 0. The summed E-state index contributed by atoms with van der Waals surface area (Å²) in [7, 11) is 0. The molecule has 0 bridgehead atoms. The van der Waals surface area contributed by atoms with E-state index in [1.54, 1.807) is 0 Å². The third-order valence-electron chi connectivity index (χ3n) is 2.99. The highest BCUT2D eigenvalue weighted by Crippen LogP contribution is 2.25. The quantitative estimate of drug-likeness (QED) is 0.856. The largest absolute Gasteiger partial charge is 0.493 e. The molecular weight excluding hydrogens is 224 g/mol. The summed E-state index contributed by atoms with van der Waals surface area (Å²) in [5, 5.41) is 3.31. The third kappa shape index (κ3) is 3.66. The molecule has 1 N–H and O–H groups in total. The van der Waals surface area contributed by atoms with Crippen molar-refractivity contribution < 1.29 is 13.5 Å². The molecule has 1 aromatic rings. The van der Waals surface area contributed by atoms with E-state index in [-0.39, 0.29) is 13.0 Å². The SMILES string of the molecule is FC(F)CCOc1cccc(C2CCNC2)c1. The summed E-state index contributed by atoms with van der Waals surface area (Å²) in [5.41, 5.74) is 1.23. The first-order valence-electron chi connectivity index (χ1n) is 5.97. The van der Waals surface area contributed by atoms with E-state index in [1.165, 1.54) is 5.56 Å². The number of rotatable bonds is 5. The van der Waals surface area contributed by atoms with Crippen molar-refractivity contribution in [3.05, 3.63) is 29.8 Å². The van der Waals surface area contributed by atoms with Crippen LogP contribution in [-0.2, 0) is 0 Å². The van der Waals surface area contributed by atoms with Crippen molar-refractivity contribution in [3.63, 3.8) is 0 Å². The van der Waals surface area contributed by atoms with Gasteiger partial charge in [-0.2, -0.15) is 0 Å². The number of ether oxygens (including phenoxy) is 1. The van der Waals surface area contributed by atoms with Crippen LogP contribution in [0.25, 0.3) is 0 Å². The Morgan fingerprint density at radius 2 is 2.29 bits per heavy atom. The topological polar surface area (TPSA) is 21.3 Å². The van der Waals surface area contributed by atoms with Gasteiger partial charge in [0.2, 0.25) is 6.43 Å². The Bertz CT molecular complexity index is 351. The molecule has 0 radical (unpaired) electrons. The molecule has 1 atom stereocenters. The van der Waals surface area contributed by atoms with Crippen LogP contribution in [0, 0.1) is 0 Å². The van der Waals surface area contributed by atoms with Crippen LogP contribution in [0.5, 0.6) is 5.75 Å². The van der Waals surface area contributed by atoms with Crippen molar-refractivity contribution >= 4 is 0 Å². The number of hydrogen-bond acceptors (Lipinski definition) is 2. The zero-order valence-corrected chi connectivity index (χ0v) is 9.66. The maximum Gasteiger partial charge on any atom is 0.241 e. The Hall–Kier alpha value is -1.16. The van der Waals surface area contributed by atoms with Crippen molar-refractivity contribution in [3.8, 4) is 5.75 Å². The van der Waals surface area contributed by atoms with Crippen LogP contribution in [0.1, 0.15) is 24.3 Å². The molecular formula is C13H17F2NO. The van der Waals surface area contributed by atoms with Crippen LogP contribution >= 0.6 is 0 Å². The van der Waals surface area contributed by atoms with E-state index in [1.807, 2.05) is 18.2 Å². The summed E-state index contributed by atoms with van der Waals surface area (Å²) < 4.78 is 29.3. The van der Waals surface area contributed by atoms with Crippen molar-refractivity contribution in [2.75, 3.05) is 19.7 Å². The first-order chi connectivity index (χ1) is 8.25. The fourth-order valence-corrected chi connectivity index (χ4v) is 2.06. The van der Waals surface area contributed by atoms with E-state index in [9.17, 15) is 8.78 Å². The van der Waals surface area contributed by atoms with Gasteiger partial charge in [0, 0.05) is 13.0 Å². The normalized spacial score (nSPS) is 19.8. The van der Waals surface area contributed by atoms with E-state index >= 15 is 0 Å². The molecule has 2 nitrogen and oxygen atoms in total. The highest BCUT2D eigenvalue weighted by Gasteiger charge is 2.16. The standard InChI is InChI=1S/C13H17F2NO/c14-13(15)5-7-17-12-3-1-2-10(8-12)11-4-6-16-9-11/h1-3,8,11,13,16H,4-7,9H2. The smallest absolute Gasteiger partial charge is 0.241 e. The molecule has 1 aromatic carbocycles. The second kappa shape index (κ2) is 5.96. The number of nitrogens with one attached hydrogen (secondary N) is 1. The third-order valence-corrected chi connectivity index (χ3v) is 2.99. The predicted octanol–water partition coefficient (Wildman–Crippen LogP) is 2.80. The average molecular weight is 241 g/mol. The van der Waals surface area contributed by atoms with Gasteiger partial charge in [-0.25, -0.2) is 8.78 Å². The average Bonchev–Trinajstić information content (AvgIpc) is 2.82. The maximum atomic E-state index is 12.0. The first-order valence-corrected chi connectivity index (χ1v) is 5.97. The molecule has 1 saturated heterocycles. The lowest BCUT2D eigenvalue weighted by molar-refractivity contribution is 0.114. The van der Waals surface area contributed by atoms with E-state index in [0.29, 0.717) is 11.7 Å². The van der Waals surface area contributed by atoms with E-state index < -0.39 is 6.43 Å². The summed E-state index contributed by atoms with van der Waals surface area (Å²) in [6.07, 6.45) is -1.38. The van der Waals surface area contributed by atoms with Gasteiger partial charge in [-0.3, -0.25) is 0 Å². The number of benzene rings is 1. The molecule has 0 saturated carbocycles. The van der Waals surface area contributed by atoms with Gasteiger partial charge in [-0.1, -0.05) is 12.1 Å². The second-order valence-electron chi connectivity index (χ2n) is 4.29. The van der Waals surface area contributed by atoms with E-state index in [0.717, 1.165) is 19.5 Å². The summed E-state index contributed by atoms with van der Waals surface area (Å²) >= 11 is 0. The molecule has 4 heteroatoms. The van der Waals surface area contributed by atoms with E-state index in [4.69, 9.17) is 4.74 Å². The molecule has 1 aliphatic heterocycles. The Balaban J connectivity index is 1.91. The summed E-state index contributed by atoms with van der Waals surface area (Å²) in [6, 6.07) is 7.77. The molecule has 0 aromatic heterocycles. The Morgan fingerprint density at radius 3 is 3.00 bits per heavy atom. The molecule has 1 aliphatic rings. The molecule has 1 fully saturated rings. The van der Waals surface area contributed by atoms with Gasteiger partial charge >= 0.3 is 0 Å². The van der Waals surface area contributed by atoms with Crippen molar-refractivity contribution in [1.82, 2.24) is 5.32 Å². The van der Waals surface area contributed by atoms with Crippen molar-refractivity contribution in [2.24, 2.45) is 0 Å². The Morgan fingerprint density at radius 1 is 1.41 bits per heavy atom. The highest BCUT2D eigenvalue weighted by molar-refractivity contribution is 5.31. The highest BCUT2D eigenvalue weighted by atomic mass is 19.3. The monoisotopic (exact) mass is 241 g/mol. The van der Waals surface area contributed by atoms with Crippen LogP contribution < -0.4 is 10.1 Å². The molecule has 94 valence electrons. The lowest BCUT2D eigenvalue weighted by atomic mass is 9.98. The number of halogens is 2. The molecule has 0 spiro atoms. The van der Waals surface area contributed by atoms with Gasteiger partial charge in [0.25, 0.3) is 0 Å². The van der Waals surface area contributed by atoms with Crippen LogP contribution in [0.2, 0.25) is 0 Å². The van der Waals surface area contributed by atoms with Crippen LogP contribution in [-0.4, -0.2) is 26.1 Å². The maximum absolute atomic E-state index is 12.0. The minimum atomic E-state index is -2.29. The molecule has 1 heterocycles. The van der Waals surface area contributed by atoms with Gasteiger partial charge in [-0.15, -0.1) is 0 Å². The predicted molar refractivity (Wildman–Crippen MR) is 62.8 cm³/mol. The number of alkyl halides is 2. The number of hydrogen-bond donors (Lipinski definition) is 1. The summed E-state index contributed by atoms with van der Waals surface area (Å²) in [6.45, 7) is 2.10. The van der Waals surface area contributed by atoms with E-state index in [2.05, 4.69) is 11.4 Å². The zero-order valence-electron chi connectivity index (χ0n) is 9.66. The van der Waals surface area contributed by atoms with Crippen molar-refractivity contribution in [2.45, 2.75) is 25.2 Å². The lowest BCUT2D eigenvalue weighted by Gasteiger charge is -2.11. The Kier molecular flexibility index (Phi) is 4.31. The molecule has 17 heavy (non-hydrogen) atoms. The minimum Gasteiger partial charge on any atom is -0.493 e. The molecule has 2 rings (SSSR count). The minimum absolute atomic E-state index is 0.0734. The van der Waals surface area contributed by atoms with Crippen molar-refractivity contribution in [1.29, 1.82) is 0 Å². The Labute approximate surface area is 100.0 Å². The molecule has 0 amide bonds. The van der Waals surface area contributed by atoms with Crippen LogP contribution in [0.3, 0.4) is 0 Å². The zero-order chi connectivity index (χ0) is 12.1. The van der Waals surface area contributed by atoms with Crippen LogP contribution in [0.4, 0.5) is 8.78 Å². The molecule has 1 unspecified atom stereocenters. The molecule has 0 aliphatic carbocycles. The second-order valence-corrected chi connectivity index (χ2v) is 4.29. The van der Waals surface area contributed by atoms with Gasteiger partial charge in [-0.05, 0) is 36.6 Å². The van der Waals surface area contributed by atoms with Gasteiger partial charge < -0.3 is 10.1 Å². The van der Waals surface area contributed by atoms with Gasteiger partial charge in [0.1, 0.15) is 5.75 Å². The first kappa shape index (κ1) is 12.3. The fraction of sp³-hybridized carbons (Fsp3) is 0.538. The fourth-order valence-electron chi connectivity index (χ4n) is 2.06. The lowest BCUT2D eigenvalue weighted by Crippen LogP contribution is -2.08. The van der Waals surface area contributed by atoms with Crippen LogP contribution in [0.15, 0.2) is 24.3 Å². The summed E-state index contributed by atoms with van der Waals surface area (Å²) in [5.74, 6) is 1.21. The van der Waals surface area contributed by atoms with Gasteiger partial charge in [0.05, 0.1) is 6.61 Å². The van der Waals surface area contributed by atoms with Gasteiger partial charge in [0.15, 0.2) is 0 Å².